The number of carbonyl (C=O) groups is 1. The van der Waals surface area contributed by atoms with Crippen LogP contribution in [0.4, 0.5) is 0 Å². The molecule has 1 aromatic carbocycles. The van der Waals surface area contributed by atoms with Gasteiger partial charge in [-0.3, -0.25) is 4.79 Å². The van der Waals surface area contributed by atoms with Crippen molar-refractivity contribution in [3.63, 3.8) is 0 Å². The molecule has 1 aromatic rings. The van der Waals surface area contributed by atoms with Gasteiger partial charge in [0, 0.05) is 6.54 Å². The zero-order valence-electron chi connectivity index (χ0n) is 13.5. The smallest absolute Gasteiger partial charge is 0.246 e. The fourth-order valence-electron chi connectivity index (χ4n) is 2.69. The van der Waals surface area contributed by atoms with Crippen LogP contribution in [0.5, 0.6) is 0 Å². The van der Waals surface area contributed by atoms with Gasteiger partial charge in [0.1, 0.15) is 6.61 Å². The number of piperidine rings is 1. The Hall–Kier alpha value is -1.43. The maximum atomic E-state index is 12.0. The highest BCUT2D eigenvalue weighted by atomic mass is 16.5. The van der Waals surface area contributed by atoms with E-state index in [-0.39, 0.29) is 24.7 Å². The lowest BCUT2D eigenvalue weighted by molar-refractivity contribution is -0.128. The van der Waals surface area contributed by atoms with Crippen LogP contribution in [0.2, 0.25) is 0 Å². The molecule has 1 fully saturated rings. The van der Waals surface area contributed by atoms with Crippen LogP contribution in [0.15, 0.2) is 30.3 Å². The van der Waals surface area contributed by atoms with Gasteiger partial charge in [0.15, 0.2) is 0 Å². The summed E-state index contributed by atoms with van der Waals surface area (Å²) in [5.41, 5.74) is 1.20. The Morgan fingerprint density at radius 2 is 2.00 bits per heavy atom. The molecule has 2 N–H and O–H groups in total. The van der Waals surface area contributed by atoms with Crippen LogP contribution in [0.25, 0.3) is 0 Å². The van der Waals surface area contributed by atoms with Crippen molar-refractivity contribution in [2.75, 3.05) is 40.3 Å². The summed E-state index contributed by atoms with van der Waals surface area (Å²) >= 11 is 0. The Morgan fingerprint density at radius 1 is 1.32 bits per heavy atom. The number of hydrogen-bond donors (Lipinski definition) is 2. The number of carbonyl (C=O) groups excluding carboxylic acids is 1. The number of nitrogens with zero attached hydrogens (tertiary/aromatic N) is 1. The first-order valence-electron chi connectivity index (χ1n) is 7.97. The lowest BCUT2D eigenvalue weighted by atomic mass is 10.1. The van der Waals surface area contributed by atoms with E-state index in [0.717, 1.165) is 25.9 Å². The van der Waals surface area contributed by atoms with Crippen molar-refractivity contribution in [3.05, 3.63) is 35.9 Å². The molecule has 5 nitrogen and oxygen atoms in total. The van der Waals surface area contributed by atoms with Crippen LogP contribution in [-0.2, 0) is 9.53 Å². The monoisotopic (exact) mass is 305 g/mol. The van der Waals surface area contributed by atoms with Gasteiger partial charge in [-0.25, -0.2) is 0 Å². The lowest BCUT2D eigenvalue weighted by Gasteiger charge is -2.26. The molecule has 0 aliphatic carbocycles. The molecule has 1 saturated heterocycles. The van der Waals surface area contributed by atoms with Crippen molar-refractivity contribution in [2.45, 2.75) is 25.0 Å². The van der Waals surface area contributed by atoms with Gasteiger partial charge in [-0.05, 0) is 45.6 Å². The molecule has 1 amide bonds. The predicted molar refractivity (Wildman–Crippen MR) is 87.7 cm³/mol. The van der Waals surface area contributed by atoms with E-state index in [1.807, 2.05) is 32.3 Å². The van der Waals surface area contributed by atoms with Crippen molar-refractivity contribution in [3.8, 4) is 0 Å². The number of nitrogens with one attached hydrogen (secondary N) is 2. The summed E-state index contributed by atoms with van der Waals surface area (Å²) in [7, 11) is 4.05. The minimum Gasteiger partial charge on any atom is -0.368 e. The van der Waals surface area contributed by atoms with E-state index in [2.05, 4.69) is 27.7 Å². The van der Waals surface area contributed by atoms with Gasteiger partial charge >= 0.3 is 0 Å². The molecule has 1 unspecified atom stereocenters. The number of amides is 1. The van der Waals surface area contributed by atoms with Crippen LogP contribution >= 0.6 is 0 Å². The average Bonchev–Trinajstić information content (AvgIpc) is 2.55. The molecule has 2 rings (SSSR count). The Bertz CT molecular complexity index is 444. The standard InChI is InChI=1S/C17H27N3O2/c1-20(2)16(14-6-4-3-5-7-14)12-19-17(21)13-22-15-8-10-18-11-9-15/h3-7,15-16,18H,8-13H2,1-2H3,(H,19,21). The van der Waals surface area contributed by atoms with Crippen LogP contribution in [0.3, 0.4) is 0 Å². The fourth-order valence-corrected chi connectivity index (χ4v) is 2.69. The number of benzene rings is 1. The Morgan fingerprint density at radius 3 is 2.64 bits per heavy atom. The van der Waals surface area contributed by atoms with Crippen molar-refractivity contribution in [1.82, 2.24) is 15.5 Å². The van der Waals surface area contributed by atoms with E-state index in [0.29, 0.717) is 6.54 Å². The molecule has 0 spiro atoms. The van der Waals surface area contributed by atoms with Crippen LogP contribution in [-0.4, -0.2) is 57.2 Å². The van der Waals surface area contributed by atoms with E-state index in [9.17, 15) is 4.79 Å². The van der Waals surface area contributed by atoms with Crippen LogP contribution in [0.1, 0.15) is 24.4 Å². The van der Waals surface area contributed by atoms with Crippen molar-refractivity contribution < 1.29 is 9.53 Å². The van der Waals surface area contributed by atoms with E-state index in [1.54, 1.807) is 0 Å². The molecule has 1 atom stereocenters. The predicted octanol–water partition coefficient (Wildman–Crippen LogP) is 1.17. The van der Waals surface area contributed by atoms with Crippen molar-refractivity contribution in [2.24, 2.45) is 0 Å². The van der Waals surface area contributed by atoms with Gasteiger partial charge in [0.05, 0.1) is 12.1 Å². The quantitative estimate of drug-likeness (QED) is 0.794. The Labute approximate surface area is 133 Å². The highest BCUT2D eigenvalue weighted by molar-refractivity contribution is 5.77. The van der Waals surface area contributed by atoms with E-state index in [1.165, 1.54) is 5.56 Å². The van der Waals surface area contributed by atoms with Gasteiger partial charge in [-0.15, -0.1) is 0 Å². The SMILES string of the molecule is CN(C)C(CNC(=O)COC1CCNCC1)c1ccccc1. The maximum absolute atomic E-state index is 12.0. The molecule has 1 heterocycles. The number of likely N-dealkylation sites (N-methyl/N-ethyl adjacent to an activating group) is 1. The average molecular weight is 305 g/mol. The molecule has 0 saturated carbocycles. The third-order valence-corrected chi connectivity index (χ3v) is 4.04. The summed E-state index contributed by atoms with van der Waals surface area (Å²) in [6.45, 7) is 2.69. The molecule has 1 aliphatic rings. The molecule has 22 heavy (non-hydrogen) atoms. The molecule has 1 aliphatic heterocycles. The van der Waals surface area contributed by atoms with E-state index < -0.39 is 0 Å². The summed E-state index contributed by atoms with van der Waals surface area (Å²) in [6, 6.07) is 10.4. The summed E-state index contributed by atoms with van der Waals surface area (Å²) in [4.78, 5) is 14.1. The molecule has 122 valence electrons. The Kier molecular flexibility index (Phi) is 6.83. The second-order valence-corrected chi connectivity index (χ2v) is 5.95. The van der Waals surface area contributed by atoms with Gasteiger partial charge < -0.3 is 20.3 Å². The zero-order chi connectivity index (χ0) is 15.8. The normalized spacial score (nSPS) is 17.4. The zero-order valence-corrected chi connectivity index (χ0v) is 13.5. The first-order chi connectivity index (χ1) is 10.7. The molecule has 0 aromatic heterocycles. The van der Waals surface area contributed by atoms with Crippen molar-refractivity contribution >= 4 is 5.91 Å². The summed E-state index contributed by atoms with van der Waals surface area (Å²) in [5.74, 6) is -0.0405. The van der Waals surface area contributed by atoms with E-state index >= 15 is 0 Å². The lowest BCUT2D eigenvalue weighted by Crippen LogP contribution is -2.38. The number of hydrogen-bond acceptors (Lipinski definition) is 4. The highest BCUT2D eigenvalue weighted by Crippen LogP contribution is 2.16. The number of rotatable bonds is 7. The van der Waals surface area contributed by atoms with Crippen LogP contribution in [0, 0.1) is 0 Å². The third kappa shape index (κ3) is 5.40. The van der Waals surface area contributed by atoms with E-state index in [4.69, 9.17) is 4.74 Å². The first-order valence-corrected chi connectivity index (χ1v) is 7.97. The number of ether oxygens (including phenoxy) is 1. The molecule has 0 radical (unpaired) electrons. The molecular weight excluding hydrogens is 278 g/mol. The molecule has 0 bridgehead atoms. The minimum absolute atomic E-state index is 0.0405. The van der Waals surface area contributed by atoms with Gasteiger partial charge in [0.25, 0.3) is 0 Å². The topological polar surface area (TPSA) is 53.6 Å². The maximum Gasteiger partial charge on any atom is 0.246 e. The van der Waals surface area contributed by atoms with Crippen molar-refractivity contribution in [1.29, 1.82) is 0 Å². The molecule has 5 heteroatoms. The largest absolute Gasteiger partial charge is 0.368 e. The van der Waals surface area contributed by atoms with Gasteiger partial charge in [-0.1, -0.05) is 30.3 Å². The molecular formula is C17H27N3O2. The summed E-state index contributed by atoms with van der Waals surface area (Å²) in [5, 5.41) is 6.27. The second kappa shape index (κ2) is 8.88. The van der Waals surface area contributed by atoms with Gasteiger partial charge in [0.2, 0.25) is 5.91 Å². The van der Waals surface area contributed by atoms with Gasteiger partial charge in [-0.2, -0.15) is 0 Å². The summed E-state index contributed by atoms with van der Waals surface area (Å²) < 4.78 is 5.68. The fraction of sp³-hybridized carbons (Fsp3) is 0.588. The second-order valence-electron chi connectivity index (χ2n) is 5.95. The third-order valence-electron chi connectivity index (χ3n) is 4.04. The van der Waals surface area contributed by atoms with Crippen LogP contribution < -0.4 is 10.6 Å². The minimum atomic E-state index is -0.0405. The first kappa shape index (κ1) is 16.9. The summed E-state index contributed by atoms with van der Waals surface area (Å²) in [6.07, 6.45) is 2.18. The highest BCUT2D eigenvalue weighted by Gasteiger charge is 2.17. The Balaban J connectivity index is 1.75.